The number of aryl methyl sites for hydroxylation is 2. The highest BCUT2D eigenvalue weighted by Crippen LogP contribution is 2.25. The van der Waals surface area contributed by atoms with Gasteiger partial charge in [-0.1, -0.05) is 38.1 Å². The number of carbonyl (C=O) groups is 1. The molecule has 1 aromatic carbocycles. The minimum Gasteiger partial charge on any atom is -0.345 e. The number of hydrogen-bond donors (Lipinski definition) is 1. The first-order chi connectivity index (χ1) is 14.2. The molecule has 4 rings (SSSR count). The van der Waals surface area contributed by atoms with Crippen molar-refractivity contribution in [1.29, 1.82) is 0 Å². The molecule has 1 amide bonds. The van der Waals surface area contributed by atoms with Gasteiger partial charge in [0.05, 0.1) is 11.2 Å². The van der Waals surface area contributed by atoms with Gasteiger partial charge in [0.15, 0.2) is 0 Å². The SMILES string of the molecule is Cc1cc2c(-c3ccc(CNC(=O)c4noc(C(C)(C)C)n4)c(C)c3)ncnn2c1. The second-order valence-corrected chi connectivity index (χ2v) is 8.45. The van der Waals surface area contributed by atoms with E-state index in [1.165, 1.54) is 0 Å². The lowest BCUT2D eigenvalue weighted by Gasteiger charge is -2.10. The van der Waals surface area contributed by atoms with Crippen LogP contribution in [-0.4, -0.2) is 30.6 Å². The van der Waals surface area contributed by atoms with Gasteiger partial charge in [-0.3, -0.25) is 4.79 Å². The van der Waals surface area contributed by atoms with Crippen molar-refractivity contribution in [2.24, 2.45) is 0 Å². The van der Waals surface area contributed by atoms with E-state index >= 15 is 0 Å². The molecular weight excluding hydrogens is 380 g/mol. The maximum atomic E-state index is 12.4. The zero-order valence-electron chi connectivity index (χ0n) is 17.7. The highest BCUT2D eigenvalue weighted by atomic mass is 16.5. The lowest BCUT2D eigenvalue weighted by Crippen LogP contribution is -2.24. The fraction of sp³-hybridized carbons (Fsp3) is 0.318. The summed E-state index contributed by atoms with van der Waals surface area (Å²) >= 11 is 0. The van der Waals surface area contributed by atoms with E-state index in [1.54, 1.807) is 6.33 Å². The average Bonchev–Trinajstić information content (AvgIpc) is 3.32. The highest BCUT2D eigenvalue weighted by Gasteiger charge is 2.24. The topological polar surface area (TPSA) is 98.2 Å². The molecule has 0 aliphatic rings. The lowest BCUT2D eigenvalue weighted by molar-refractivity contribution is 0.0937. The van der Waals surface area contributed by atoms with Crippen LogP contribution in [-0.2, 0) is 12.0 Å². The van der Waals surface area contributed by atoms with Gasteiger partial charge in [0, 0.05) is 23.7 Å². The van der Waals surface area contributed by atoms with Crippen molar-refractivity contribution in [3.8, 4) is 11.3 Å². The van der Waals surface area contributed by atoms with Crippen molar-refractivity contribution in [3.63, 3.8) is 0 Å². The normalized spacial score (nSPS) is 11.8. The van der Waals surface area contributed by atoms with Gasteiger partial charge in [-0.2, -0.15) is 10.1 Å². The van der Waals surface area contributed by atoms with Crippen molar-refractivity contribution in [2.45, 2.75) is 46.6 Å². The van der Waals surface area contributed by atoms with Crippen LogP contribution in [0.5, 0.6) is 0 Å². The zero-order valence-corrected chi connectivity index (χ0v) is 17.7. The standard InChI is InChI=1S/C22H24N6O2/c1-13-8-17-18(24-12-25-28(17)11-13)15-6-7-16(14(2)9-15)10-23-20(29)19-26-21(30-27-19)22(3,4)5/h6-9,11-12H,10H2,1-5H3,(H,23,29). The zero-order chi connectivity index (χ0) is 21.5. The van der Waals surface area contributed by atoms with Crippen LogP contribution in [0.15, 0.2) is 41.3 Å². The highest BCUT2D eigenvalue weighted by molar-refractivity contribution is 5.90. The fourth-order valence-corrected chi connectivity index (χ4v) is 3.20. The summed E-state index contributed by atoms with van der Waals surface area (Å²) in [6.45, 7) is 10.3. The monoisotopic (exact) mass is 404 g/mol. The number of nitrogens with zero attached hydrogens (tertiary/aromatic N) is 5. The number of fused-ring (bicyclic) bond motifs is 1. The third-order valence-electron chi connectivity index (χ3n) is 4.87. The summed E-state index contributed by atoms with van der Waals surface area (Å²) in [6.07, 6.45) is 3.53. The van der Waals surface area contributed by atoms with Gasteiger partial charge in [-0.25, -0.2) is 9.50 Å². The Labute approximate surface area is 174 Å². The maximum Gasteiger partial charge on any atom is 0.292 e. The molecule has 0 spiro atoms. The lowest BCUT2D eigenvalue weighted by atomic mass is 9.97. The van der Waals surface area contributed by atoms with Gasteiger partial charge in [0.25, 0.3) is 11.7 Å². The Hall–Kier alpha value is -3.55. The van der Waals surface area contributed by atoms with Crippen LogP contribution in [0.3, 0.4) is 0 Å². The van der Waals surface area contributed by atoms with Gasteiger partial charge in [-0.05, 0) is 42.7 Å². The molecule has 4 aromatic rings. The third-order valence-corrected chi connectivity index (χ3v) is 4.87. The van der Waals surface area contributed by atoms with Crippen LogP contribution in [0.4, 0.5) is 0 Å². The minimum absolute atomic E-state index is 0.0428. The molecule has 0 aliphatic heterocycles. The van der Waals surface area contributed by atoms with E-state index in [-0.39, 0.29) is 17.1 Å². The molecule has 3 heterocycles. The first kappa shape index (κ1) is 19.8. The van der Waals surface area contributed by atoms with Crippen LogP contribution in [0.2, 0.25) is 0 Å². The number of amides is 1. The Bertz CT molecular complexity index is 1230. The molecule has 0 unspecified atom stereocenters. The van der Waals surface area contributed by atoms with E-state index < -0.39 is 0 Å². The van der Waals surface area contributed by atoms with Crippen molar-refractivity contribution in [1.82, 2.24) is 30.1 Å². The second-order valence-electron chi connectivity index (χ2n) is 8.45. The molecule has 0 saturated carbocycles. The quantitative estimate of drug-likeness (QED) is 0.558. The molecule has 0 atom stereocenters. The Morgan fingerprint density at radius 2 is 2.00 bits per heavy atom. The second kappa shape index (κ2) is 7.37. The van der Waals surface area contributed by atoms with E-state index in [4.69, 9.17) is 4.52 Å². The van der Waals surface area contributed by atoms with Crippen LogP contribution in [0.25, 0.3) is 16.8 Å². The summed E-state index contributed by atoms with van der Waals surface area (Å²) in [5.74, 6) is 0.116. The van der Waals surface area contributed by atoms with Crippen LogP contribution in [0, 0.1) is 13.8 Å². The number of rotatable bonds is 4. The van der Waals surface area contributed by atoms with E-state index in [1.807, 2.05) is 57.5 Å². The first-order valence-electron chi connectivity index (χ1n) is 9.74. The predicted octanol–water partition coefficient (Wildman–Crippen LogP) is 3.62. The molecule has 1 N–H and O–H groups in total. The van der Waals surface area contributed by atoms with E-state index in [0.717, 1.165) is 33.5 Å². The summed E-state index contributed by atoms with van der Waals surface area (Å²) in [5, 5.41) is 10.9. The molecule has 154 valence electrons. The van der Waals surface area contributed by atoms with E-state index in [2.05, 4.69) is 37.7 Å². The van der Waals surface area contributed by atoms with Crippen LogP contribution < -0.4 is 5.32 Å². The van der Waals surface area contributed by atoms with E-state index in [9.17, 15) is 4.79 Å². The van der Waals surface area contributed by atoms with Gasteiger partial charge in [-0.15, -0.1) is 0 Å². The number of nitrogens with one attached hydrogen (secondary N) is 1. The van der Waals surface area contributed by atoms with E-state index in [0.29, 0.717) is 12.4 Å². The molecule has 0 radical (unpaired) electrons. The third kappa shape index (κ3) is 3.80. The van der Waals surface area contributed by atoms with Crippen LogP contribution >= 0.6 is 0 Å². The predicted molar refractivity (Wildman–Crippen MR) is 112 cm³/mol. The number of hydrogen-bond acceptors (Lipinski definition) is 6. The fourth-order valence-electron chi connectivity index (χ4n) is 3.20. The van der Waals surface area contributed by atoms with Crippen molar-refractivity contribution >= 4 is 11.4 Å². The Morgan fingerprint density at radius 3 is 2.70 bits per heavy atom. The number of benzene rings is 1. The van der Waals surface area contributed by atoms with Crippen molar-refractivity contribution in [2.75, 3.05) is 0 Å². The number of aromatic nitrogens is 5. The molecule has 0 fully saturated rings. The van der Waals surface area contributed by atoms with Gasteiger partial charge in [0.2, 0.25) is 5.89 Å². The summed E-state index contributed by atoms with van der Waals surface area (Å²) in [5.41, 5.74) is 5.72. The smallest absolute Gasteiger partial charge is 0.292 e. The van der Waals surface area contributed by atoms with Gasteiger partial charge in [0.1, 0.15) is 6.33 Å². The number of carbonyl (C=O) groups excluding carboxylic acids is 1. The summed E-state index contributed by atoms with van der Waals surface area (Å²) in [4.78, 5) is 21.1. The largest absolute Gasteiger partial charge is 0.345 e. The van der Waals surface area contributed by atoms with Crippen molar-refractivity contribution in [3.05, 3.63) is 65.2 Å². The molecule has 8 nitrogen and oxygen atoms in total. The maximum absolute atomic E-state index is 12.4. The molecule has 0 bridgehead atoms. The molecule has 0 aliphatic carbocycles. The van der Waals surface area contributed by atoms with Gasteiger partial charge < -0.3 is 9.84 Å². The molecule has 0 saturated heterocycles. The first-order valence-corrected chi connectivity index (χ1v) is 9.74. The molecule has 30 heavy (non-hydrogen) atoms. The summed E-state index contributed by atoms with van der Waals surface area (Å²) in [6, 6.07) is 8.13. The van der Waals surface area contributed by atoms with Gasteiger partial charge >= 0.3 is 0 Å². The molecule has 8 heteroatoms. The Balaban J connectivity index is 1.51. The van der Waals surface area contributed by atoms with Crippen LogP contribution in [0.1, 0.15) is 54.0 Å². The molecule has 3 aromatic heterocycles. The van der Waals surface area contributed by atoms with Crippen molar-refractivity contribution < 1.29 is 9.32 Å². The summed E-state index contributed by atoms with van der Waals surface area (Å²) in [7, 11) is 0. The average molecular weight is 404 g/mol. The molecular formula is C22H24N6O2. The minimum atomic E-state index is -0.362. The summed E-state index contributed by atoms with van der Waals surface area (Å²) < 4.78 is 7.02. The Morgan fingerprint density at radius 1 is 1.20 bits per heavy atom. The Kier molecular flexibility index (Phi) is 4.85.